The van der Waals surface area contributed by atoms with Gasteiger partial charge in [-0.3, -0.25) is 4.79 Å². The predicted octanol–water partition coefficient (Wildman–Crippen LogP) is 3.90. The molecule has 0 spiro atoms. The Morgan fingerprint density at radius 3 is 2.79 bits per heavy atom. The van der Waals surface area contributed by atoms with Gasteiger partial charge < -0.3 is 10.3 Å². The highest BCUT2D eigenvalue weighted by Crippen LogP contribution is 2.29. The number of amides is 1. The summed E-state index contributed by atoms with van der Waals surface area (Å²) in [6.07, 6.45) is 2.53. The van der Waals surface area contributed by atoms with Gasteiger partial charge in [0.15, 0.2) is 0 Å². The zero-order valence-electron chi connectivity index (χ0n) is 13.5. The number of nitrogens with one attached hydrogen (secondary N) is 2. The SMILES string of the molecule is Cc1ccc(C(=O)NC2CCc3[nH]c4cc(F)ccc4c3C2)cc1. The van der Waals surface area contributed by atoms with Gasteiger partial charge in [0.2, 0.25) is 0 Å². The number of rotatable bonds is 2. The fourth-order valence-electron chi connectivity index (χ4n) is 3.49. The van der Waals surface area contributed by atoms with Crippen LogP contribution in [0, 0.1) is 12.7 Å². The van der Waals surface area contributed by atoms with Gasteiger partial charge in [-0.1, -0.05) is 17.7 Å². The molecule has 1 atom stereocenters. The normalized spacial score (nSPS) is 16.8. The van der Waals surface area contributed by atoms with Crippen LogP contribution in [0.15, 0.2) is 42.5 Å². The first-order valence-electron chi connectivity index (χ1n) is 8.26. The van der Waals surface area contributed by atoms with Crippen molar-refractivity contribution >= 4 is 16.8 Å². The lowest BCUT2D eigenvalue weighted by Crippen LogP contribution is -2.38. The summed E-state index contributed by atoms with van der Waals surface area (Å²) in [5, 5.41) is 4.19. The van der Waals surface area contributed by atoms with Crippen LogP contribution in [-0.4, -0.2) is 16.9 Å². The van der Waals surface area contributed by atoms with E-state index in [0.29, 0.717) is 5.56 Å². The largest absolute Gasteiger partial charge is 0.358 e. The van der Waals surface area contributed by atoms with Gasteiger partial charge in [0.05, 0.1) is 0 Å². The number of benzene rings is 2. The summed E-state index contributed by atoms with van der Waals surface area (Å²) in [4.78, 5) is 15.7. The predicted molar refractivity (Wildman–Crippen MR) is 92.7 cm³/mol. The number of aromatic nitrogens is 1. The molecule has 0 saturated carbocycles. The second-order valence-electron chi connectivity index (χ2n) is 6.55. The molecule has 4 rings (SSSR count). The summed E-state index contributed by atoms with van der Waals surface area (Å²) < 4.78 is 13.4. The first-order valence-corrected chi connectivity index (χ1v) is 8.26. The number of aryl methyl sites for hydroxylation is 2. The Kier molecular flexibility index (Phi) is 3.60. The number of carbonyl (C=O) groups excluding carboxylic acids is 1. The van der Waals surface area contributed by atoms with Crippen LogP contribution in [-0.2, 0) is 12.8 Å². The maximum atomic E-state index is 13.4. The topological polar surface area (TPSA) is 44.9 Å². The quantitative estimate of drug-likeness (QED) is 0.738. The van der Waals surface area contributed by atoms with Crippen molar-refractivity contribution in [2.45, 2.75) is 32.2 Å². The van der Waals surface area contributed by atoms with Crippen molar-refractivity contribution in [1.29, 1.82) is 0 Å². The van der Waals surface area contributed by atoms with E-state index in [9.17, 15) is 9.18 Å². The highest BCUT2D eigenvalue weighted by atomic mass is 19.1. The third-order valence-corrected chi connectivity index (χ3v) is 4.80. The van der Waals surface area contributed by atoms with Crippen LogP contribution in [0.25, 0.3) is 10.9 Å². The number of hydrogen-bond donors (Lipinski definition) is 2. The minimum atomic E-state index is -0.231. The second-order valence-corrected chi connectivity index (χ2v) is 6.55. The Morgan fingerprint density at radius 2 is 2.00 bits per heavy atom. The smallest absolute Gasteiger partial charge is 0.251 e. The number of fused-ring (bicyclic) bond motifs is 3. The van der Waals surface area contributed by atoms with Crippen LogP contribution in [0.2, 0.25) is 0 Å². The van der Waals surface area contributed by atoms with Crippen LogP contribution in [0.3, 0.4) is 0 Å². The van der Waals surface area contributed by atoms with Crippen molar-refractivity contribution in [2.24, 2.45) is 0 Å². The van der Waals surface area contributed by atoms with E-state index in [-0.39, 0.29) is 17.8 Å². The molecule has 1 heterocycles. The minimum Gasteiger partial charge on any atom is -0.358 e. The van der Waals surface area contributed by atoms with E-state index in [0.717, 1.165) is 41.4 Å². The van der Waals surface area contributed by atoms with Crippen molar-refractivity contribution in [3.05, 3.63) is 70.7 Å². The highest BCUT2D eigenvalue weighted by molar-refractivity contribution is 5.94. The van der Waals surface area contributed by atoms with Gasteiger partial charge in [0.25, 0.3) is 5.91 Å². The van der Waals surface area contributed by atoms with Crippen molar-refractivity contribution in [1.82, 2.24) is 10.3 Å². The minimum absolute atomic E-state index is 0.0330. The molecular formula is C20H19FN2O. The van der Waals surface area contributed by atoms with E-state index in [1.54, 1.807) is 0 Å². The van der Waals surface area contributed by atoms with E-state index >= 15 is 0 Å². The van der Waals surface area contributed by atoms with Crippen molar-refractivity contribution in [3.63, 3.8) is 0 Å². The fraction of sp³-hybridized carbons (Fsp3) is 0.250. The number of aromatic amines is 1. The molecule has 0 radical (unpaired) electrons. The van der Waals surface area contributed by atoms with Gasteiger partial charge in [0.1, 0.15) is 5.82 Å². The Hall–Kier alpha value is -2.62. The van der Waals surface area contributed by atoms with Crippen LogP contribution in [0.5, 0.6) is 0 Å². The monoisotopic (exact) mass is 322 g/mol. The molecule has 0 saturated heterocycles. The van der Waals surface area contributed by atoms with Crippen LogP contribution < -0.4 is 5.32 Å². The third-order valence-electron chi connectivity index (χ3n) is 4.80. The van der Waals surface area contributed by atoms with E-state index in [1.165, 1.54) is 17.7 Å². The Labute approximate surface area is 139 Å². The molecule has 0 aliphatic heterocycles. The Bertz CT molecular complexity index is 911. The molecule has 24 heavy (non-hydrogen) atoms. The molecule has 2 aromatic carbocycles. The molecule has 1 aliphatic carbocycles. The van der Waals surface area contributed by atoms with Crippen LogP contribution >= 0.6 is 0 Å². The fourth-order valence-corrected chi connectivity index (χ4v) is 3.49. The summed E-state index contributed by atoms with van der Waals surface area (Å²) in [5.74, 6) is -0.264. The molecular weight excluding hydrogens is 303 g/mol. The standard InChI is InChI=1S/C20H19FN2O/c1-12-2-4-13(5-3-12)20(24)22-15-7-9-18-17(11-15)16-8-6-14(21)10-19(16)23-18/h2-6,8,10,15,23H,7,9,11H2,1H3,(H,22,24). The summed E-state index contributed by atoms with van der Waals surface area (Å²) >= 11 is 0. The van der Waals surface area contributed by atoms with Gasteiger partial charge in [-0.25, -0.2) is 4.39 Å². The average Bonchev–Trinajstić information content (AvgIpc) is 2.92. The number of carbonyl (C=O) groups is 1. The Morgan fingerprint density at radius 1 is 1.21 bits per heavy atom. The maximum Gasteiger partial charge on any atom is 0.251 e. The van der Waals surface area contributed by atoms with E-state index in [1.807, 2.05) is 37.3 Å². The molecule has 2 N–H and O–H groups in total. The van der Waals surface area contributed by atoms with Crippen LogP contribution in [0.1, 0.15) is 33.6 Å². The number of hydrogen-bond acceptors (Lipinski definition) is 1. The number of H-pyrrole nitrogens is 1. The first-order chi connectivity index (χ1) is 11.6. The third kappa shape index (κ3) is 2.68. The molecule has 3 aromatic rings. The second kappa shape index (κ2) is 5.78. The highest BCUT2D eigenvalue weighted by Gasteiger charge is 2.24. The molecule has 1 unspecified atom stereocenters. The number of halogens is 1. The van der Waals surface area contributed by atoms with Gasteiger partial charge in [-0.05, 0) is 62.1 Å². The lowest BCUT2D eigenvalue weighted by atomic mass is 9.91. The summed E-state index contributed by atoms with van der Waals surface area (Å²) in [7, 11) is 0. The summed E-state index contributed by atoms with van der Waals surface area (Å²) in [6.45, 7) is 2.00. The Balaban J connectivity index is 1.54. The van der Waals surface area contributed by atoms with Crippen molar-refractivity contribution in [2.75, 3.05) is 0 Å². The lowest BCUT2D eigenvalue weighted by Gasteiger charge is -2.23. The maximum absolute atomic E-state index is 13.4. The van der Waals surface area contributed by atoms with Gasteiger partial charge >= 0.3 is 0 Å². The van der Waals surface area contributed by atoms with Crippen molar-refractivity contribution in [3.8, 4) is 0 Å². The lowest BCUT2D eigenvalue weighted by molar-refractivity contribution is 0.0933. The molecule has 1 aromatic heterocycles. The summed E-state index contributed by atoms with van der Waals surface area (Å²) in [5.41, 5.74) is 5.03. The average molecular weight is 322 g/mol. The van der Waals surface area contributed by atoms with Crippen molar-refractivity contribution < 1.29 is 9.18 Å². The zero-order valence-corrected chi connectivity index (χ0v) is 13.5. The molecule has 1 amide bonds. The van der Waals surface area contributed by atoms with E-state index < -0.39 is 0 Å². The molecule has 0 fully saturated rings. The molecule has 3 nitrogen and oxygen atoms in total. The van der Waals surface area contributed by atoms with E-state index in [4.69, 9.17) is 0 Å². The van der Waals surface area contributed by atoms with E-state index in [2.05, 4.69) is 10.3 Å². The molecule has 4 heteroatoms. The van der Waals surface area contributed by atoms with Gasteiger partial charge in [-0.15, -0.1) is 0 Å². The zero-order chi connectivity index (χ0) is 16.7. The first kappa shape index (κ1) is 14.9. The molecule has 122 valence electrons. The van der Waals surface area contributed by atoms with Gasteiger partial charge in [-0.2, -0.15) is 0 Å². The van der Waals surface area contributed by atoms with Gasteiger partial charge in [0, 0.05) is 28.2 Å². The molecule has 0 bridgehead atoms. The summed E-state index contributed by atoms with van der Waals surface area (Å²) in [6, 6.07) is 12.6. The van der Waals surface area contributed by atoms with Crippen LogP contribution in [0.4, 0.5) is 4.39 Å². The molecule has 1 aliphatic rings.